The van der Waals surface area contributed by atoms with Crippen LogP contribution in [-0.4, -0.2) is 15.9 Å². The fourth-order valence-electron chi connectivity index (χ4n) is 0.591. The summed E-state index contributed by atoms with van der Waals surface area (Å²) in [5.41, 5.74) is 10.3. The quantitative estimate of drug-likeness (QED) is 0.424. The Morgan fingerprint density at radius 2 is 2.10 bits per heavy atom. The molecule has 0 fully saturated rings. The zero-order chi connectivity index (χ0) is 7.72. The number of carbonyl (C=O) groups is 1. The first-order valence-electron chi connectivity index (χ1n) is 2.49. The second-order valence-electron chi connectivity index (χ2n) is 1.73. The molecule has 0 atom stereocenters. The summed E-state index contributed by atoms with van der Waals surface area (Å²) in [6.07, 6.45) is 0. The Hall–Kier alpha value is -1.30. The van der Waals surface area contributed by atoms with Crippen LogP contribution in [0.4, 0.5) is 5.82 Å². The van der Waals surface area contributed by atoms with Crippen LogP contribution in [0.1, 0.15) is 10.5 Å². The van der Waals surface area contributed by atoms with Crippen molar-refractivity contribution in [3.05, 3.63) is 10.5 Å². The van der Waals surface area contributed by atoms with E-state index in [4.69, 9.17) is 11.5 Å². The molecule has 6 heteroatoms. The SMILES string of the molecule is NC(=O)c1[nH]c(=S)[nH]c1N. The summed E-state index contributed by atoms with van der Waals surface area (Å²) in [5, 5.41) is 0. The van der Waals surface area contributed by atoms with Crippen molar-refractivity contribution >= 4 is 23.9 Å². The van der Waals surface area contributed by atoms with Crippen molar-refractivity contribution in [1.29, 1.82) is 0 Å². The van der Waals surface area contributed by atoms with Crippen LogP contribution in [0.15, 0.2) is 0 Å². The largest absolute Gasteiger partial charge is 0.383 e. The van der Waals surface area contributed by atoms with Gasteiger partial charge in [-0.1, -0.05) is 0 Å². The van der Waals surface area contributed by atoms with Crippen LogP contribution >= 0.6 is 12.2 Å². The third kappa shape index (κ3) is 1.01. The van der Waals surface area contributed by atoms with Crippen LogP contribution in [0.25, 0.3) is 0 Å². The maximum atomic E-state index is 10.5. The van der Waals surface area contributed by atoms with E-state index in [1.165, 1.54) is 0 Å². The van der Waals surface area contributed by atoms with Gasteiger partial charge in [0.2, 0.25) is 0 Å². The smallest absolute Gasteiger partial charge is 0.268 e. The maximum Gasteiger partial charge on any atom is 0.268 e. The highest BCUT2D eigenvalue weighted by atomic mass is 32.1. The van der Waals surface area contributed by atoms with Gasteiger partial charge in [0.15, 0.2) is 4.77 Å². The molecule has 54 valence electrons. The topological polar surface area (TPSA) is 101 Å². The molecule has 0 saturated heterocycles. The van der Waals surface area contributed by atoms with Gasteiger partial charge in [-0.25, -0.2) is 0 Å². The number of nitrogens with one attached hydrogen (secondary N) is 2. The van der Waals surface area contributed by atoms with Gasteiger partial charge in [-0.2, -0.15) is 0 Å². The summed E-state index contributed by atoms with van der Waals surface area (Å²) in [6.45, 7) is 0. The number of aromatic amines is 2. The summed E-state index contributed by atoms with van der Waals surface area (Å²) in [6, 6.07) is 0. The van der Waals surface area contributed by atoms with Crippen LogP contribution in [-0.2, 0) is 0 Å². The van der Waals surface area contributed by atoms with Gasteiger partial charge in [0.1, 0.15) is 11.5 Å². The standard InChI is InChI=1S/C4H6N4OS/c5-2-1(3(6)9)7-4(10)8-2/h5H2,(H2,6,9)(H2,7,8,10). The van der Waals surface area contributed by atoms with E-state index >= 15 is 0 Å². The van der Waals surface area contributed by atoms with E-state index in [0.29, 0.717) is 4.77 Å². The Morgan fingerprint density at radius 1 is 1.50 bits per heavy atom. The Labute approximate surface area is 61.4 Å². The summed E-state index contributed by atoms with van der Waals surface area (Å²) in [7, 11) is 0. The van der Waals surface area contributed by atoms with Gasteiger partial charge in [-0.15, -0.1) is 0 Å². The predicted octanol–water partition coefficient (Wildman–Crippen LogP) is -0.247. The van der Waals surface area contributed by atoms with Gasteiger partial charge in [0, 0.05) is 0 Å². The maximum absolute atomic E-state index is 10.5. The van der Waals surface area contributed by atoms with Gasteiger partial charge in [-0.3, -0.25) is 4.79 Å². The van der Waals surface area contributed by atoms with Crippen molar-refractivity contribution < 1.29 is 4.79 Å². The molecule has 0 bridgehead atoms. The molecule has 1 aromatic rings. The molecule has 0 radical (unpaired) electrons. The Kier molecular flexibility index (Phi) is 1.46. The molecule has 10 heavy (non-hydrogen) atoms. The van der Waals surface area contributed by atoms with E-state index in [2.05, 4.69) is 22.2 Å². The minimum Gasteiger partial charge on any atom is -0.383 e. The lowest BCUT2D eigenvalue weighted by atomic mass is 10.4. The van der Waals surface area contributed by atoms with Crippen molar-refractivity contribution in [2.45, 2.75) is 0 Å². The molecule has 1 heterocycles. The highest BCUT2D eigenvalue weighted by Crippen LogP contribution is 2.02. The Balaban J connectivity index is 3.28. The molecule has 5 nitrogen and oxygen atoms in total. The van der Waals surface area contributed by atoms with E-state index in [1.807, 2.05) is 0 Å². The van der Waals surface area contributed by atoms with Gasteiger partial charge in [0.05, 0.1) is 0 Å². The molecule has 0 aromatic carbocycles. The van der Waals surface area contributed by atoms with Gasteiger partial charge >= 0.3 is 0 Å². The Bertz CT molecular complexity index is 311. The number of hydrogen-bond acceptors (Lipinski definition) is 3. The van der Waals surface area contributed by atoms with Crippen LogP contribution in [0.2, 0.25) is 0 Å². The van der Waals surface area contributed by atoms with E-state index in [0.717, 1.165) is 0 Å². The molecule has 0 aliphatic heterocycles. The second-order valence-corrected chi connectivity index (χ2v) is 2.14. The Morgan fingerprint density at radius 3 is 2.30 bits per heavy atom. The highest BCUT2D eigenvalue weighted by Gasteiger charge is 2.06. The predicted molar refractivity (Wildman–Crippen MR) is 38.9 cm³/mol. The van der Waals surface area contributed by atoms with Crippen LogP contribution in [0, 0.1) is 4.77 Å². The highest BCUT2D eigenvalue weighted by molar-refractivity contribution is 7.71. The molecule has 0 unspecified atom stereocenters. The number of hydrogen-bond donors (Lipinski definition) is 4. The molecule has 0 aliphatic carbocycles. The molecule has 1 aromatic heterocycles. The molecule has 0 spiro atoms. The molecule has 6 N–H and O–H groups in total. The fraction of sp³-hybridized carbons (Fsp3) is 0. The number of H-pyrrole nitrogens is 2. The number of amides is 1. The number of rotatable bonds is 1. The third-order valence-corrected chi connectivity index (χ3v) is 1.21. The molecular formula is C4H6N4OS. The average Bonchev–Trinajstić information content (AvgIpc) is 2.10. The lowest BCUT2D eigenvalue weighted by Crippen LogP contribution is -2.13. The zero-order valence-corrected chi connectivity index (χ0v) is 5.79. The second kappa shape index (κ2) is 2.14. The first kappa shape index (κ1) is 6.81. The lowest BCUT2D eigenvalue weighted by molar-refractivity contribution is 0.0997. The summed E-state index contributed by atoms with van der Waals surface area (Å²) >= 11 is 4.64. The van der Waals surface area contributed by atoms with Crippen molar-refractivity contribution in [3.63, 3.8) is 0 Å². The molecule has 1 rings (SSSR count). The van der Waals surface area contributed by atoms with E-state index in [-0.39, 0.29) is 11.5 Å². The van der Waals surface area contributed by atoms with Crippen LogP contribution in [0.3, 0.4) is 0 Å². The van der Waals surface area contributed by atoms with Crippen molar-refractivity contribution in [2.24, 2.45) is 5.73 Å². The third-order valence-electron chi connectivity index (χ3n) is 1.00. The number of imidazole rings is 1. The molecular weight excluding hydrogens is 152 g/mol. The van der Waals surface area contributed by atoms with E-state index in [1.54, 1.807) is 0 Å². The summed E-state index contributed by atoms with van der Waals surface area (Å²) in [5.74, 6) is -0.442. The summed E-state index contributed by atoms with van der Waals surface area (Å²) in [4.78, 5) is 15.5. The van der Waals surface area contributed by atoms with Crippen molar-refractivity contribution in [2.75, 3.05) is 5.73 Å². The molecule has 1 amide bonds. The first-order valence-corrected chi connectivity index (χ1v) is 2.89. The fourth-order valence-corrected chi connectivity index (χ4v) is 0.803. The molecule has 0 aliphatic rings. The number of aromatic nitrogens is 2. The number of primary amides is 1. The van der Waals surface area contributed by atoms with Gasteiger partial charge < -0.3 is 21.4 Å². The number of nitrogen functional groups attached to an aromatic ring is 1. The lowest BCUT2D eigenvalue weighted by Gasteiger charge is -1.87. The van der Waals surface area contributed by atoms with Gasteiger partial charge in [-0.05, 0) is 12.2 Å². The monoisotopic (exact) mass is 158 g/mol. The van der Waals surface area contributed by atoms with Crippen LogP contribution < -0.4 is 11.5 Å². The van der Waals surface area contributed by atoms with Gasteiger partial charge in [0.25, 0.3) is 5.91 Å². The first-order chi connectivity index (χ1) is 4.61. The average molecular weight is 158 g/mol. The number of nitrogens with two attached hydrogens (primary N) is 2. The minimum absolute atomic E-state index is 0.130. The normalized spacial score (nSPS) is 9.60. The van der Waals surface area contributed by atoms with Crippen LogP contribution in [0.5, 0.6) is 0 Å². The van der Waals surface area contributed by atoms with Crippen molar-refractivity contribution in [3.8, 4) is 0 Å². The minimum atomic E-state index is -0.621. The van der Waals surface area contributed by atoms with E-state index < -0.39 is 5.91 Å². The van der Waals surface area contributed by atoms with E-state index in [9.17, 15) is 4.79 Å². The molecule has 0 saturated carbocycles. The summed E-state index contributed by atoms with van der Waals surface area (Å²) < 4.78 is 0.298. The number of anilines is 1. The number of carbonyl (C=O) groups excluding carboxylic acids is 1. The van der Waals surface area contributed by atoms with Crippen molar-refractivity contribution in [1.82, 2.24) is 9.97 Å². The zero-order valence-electron chi connectivity index (χ0n) is 4.97.